The number of nitrogens with one attached hydrogen (secondary N) is 1. The third-order valence-corrected chi connectivity index (χ3v) is 4.91. The van der Waals surface area contributed by atoms with Crippen LogP contribution in [0.4, 0.5) is 5.82 Å². The van der Waals surface area contributed by atoms with Crippen LogP contribution in [0.25, 0.3) is 0 Å². The normalized spacial score (nSPS) is 16.8. The Balaban J connectivity index is 2.12. The van der Waals surface area contributed by atoms with Gasteiger partial charge in [-0.15, -0.1) is 0 Å². The summed E-state index contributed by atoms with van der Waals surface area (Å²) in [5.41, 5.74) is 0.177. The summed E-state index contributed by atoms with van der Waals surface area (Å²) >= 11 is 6.02. The molecule has 1 N–H and O–H groups in total. The third-order valence-electron chi connectivity index (χ3n) is 3.30. The Morgan fingerprint density at radius 1 is 1.29 bits per heavy atom. The van der Waals surface area contributed by atoms with Crippen molar-refractivity contribution in [1.29, 1.82) is 0 Å². The third kappa shape index (κ3) is 3.63. The maximum atomic E-state index is 12.4. The fourth-order valence-electron chi connectivity index (χ4n) is 2.10. The summed E-state index contributed by atoms with van der Waals surface area (Å²) in [7, 11) is -1.51. The van der Waals surface area contributed by atoms with Gasteiger partial charge >= 0.3 is 0 Å². The Morgan fingerprint density at radius 2 is 1.90 bits per heavy atom. The number of carbonyl (C=O) groups excluding carboxylic acids is 1. The number of hydrogen-bond acceptors (Lipinski definition) is 5. The Morgan fingerprint density at radius 3 is 2.43 bits per heavy atom. The van der Waals surface area contributed by atoms with Crippen molar-refractivity contribution in [3.8, 4) is 0 Å². The molecule has 1 amide bonds. The summed E-state index contributed by atoms with van der Waals surface area (Å²) in [6.07, 6.45) is 1.17. The topological polar surface area (TPSA) is 82.6 Å². The number of nitrogens with zero attached hydrogens (tertiary/aromatic N) is 3. The molecule has 0 atom stereocenters. The quantitative estimate of drug-likeness (QED) is 0.871. The number of pyridine rings is 1. The van der Waals surface area contributed by atoms with Crippen LogP contribution in [0, 0.1) is 0 Å². The van der Waals surface area contributed by atoms with Gasteiger partial charge in [-0.3, -0.25) is 4.79 Å². The fourth-order valence-corrected chi connectivity index (χ4v) is 3.12. The van der Waals surface area contributed by atoms with Crippen LogP contribution in [0.5, 0.6) is 0 Å². The monoisotopic (exact) mass is 332 g/mol. The maximum Gasteiger partial charge on any atom is 0.274 e. The number of rotatable bonds is 3. The van der Waals surface area contributed by atoms with Crippen LogP contribution in [-0.2, 0) is 10.0 Å². The van der Waals surface area contributed by atoms with Gasteiger partial charge in [0, 0.05) is 33.2 Å². The van der Waals surface area contributed by atoms with Crippen LogP contribution in [0.2, 0.25) is 5.02 Å². The van der Waals surface area contributed by atoms with Gasteiger partial charge in [0.25, 0.3) is 5.91 Å². The number of hydrogen-bond donors (Lipinski definition) is 1. The van der Waals surface area contributed by atoms with Gasteiger partial charge in [0.05, 0.1) is 11.3 Å². The Bertz CT molecular complexity index is 642. The number of carbonyl (C=O) groups is 1. The number of halogens is 1. The number of amides is 1. The second-order valence-electron chi connectivity index (χ2n) is 4.73. The van der Waals surface area contributed by atoms with Crippen molar-refractivity contribution in [2.75, 3.05) is 44.8 Å². The van der Waals surface area contributed by atoms with Crippen LogP contribution in [0.1, 0.15) is 10.5 Å². The molecule has 116 valence electrons. The molecule has 0 spiro atoms. The van der Waals surface area contributed by atoms with E-state index in [-0.39, 0.29) is 29.7 Å². The van der Waals surface area contributed by atoms with Crippen LogP contribution in [-0.4, -0.2) is 68.0 Å². The van der Waals surface area contributed by atoms with Crippen LogP contribution in [0.15, 0.2) is 12.1 Å². The highest BCUT2D eigenvalue weighted by molar-refractivity contribution is 7.88. The largest absolute Gasteiger partial charge is 0.373 e. The van der Waals surface area contributed by atoms with Gasteiger partial charge in [-0.1, -0.05) is 11.6 Å². The maximum absolute atomic E-state index is 12.4. The molecule has 9 heteroatoms. The van der Waals surface area contributed by atoms with E-state index in [1.54, 1.807) is 24.1 Å². The predicted octanol–water partition coefficient (Wildman–Crippen LogP) is 0.494. The van der Waals surface area contributed by atoms with Gasteiger partial charge in [0.1, 0.15) is 11.5 Å². The van der Waals surface area contributed by atoms with Crippen LogP contribution >= 0.6 is 11.6 Å². The number of aromatic nitrogens is 1. The lowest BCUT2D eigenvalue weighted by Gasteiger charge is -2.33. The fraction of sp³-hybridized carbons (Fsp3) is 0.500. The minimum absolute atomic E-state index is 0.177. The highest BCUT2D eigenvalue weighted by atomic mass is 35.5. The molecule has 0 unspecified atom stereocenters. The average molecular weight is 333 g/mol. The highest BCUT2D eigenvalue weighted by Crippen LogP contribution is 2.19. The van der Waals surface area contributed by atoms with Crippen molar-refractivity contribution in [2.45, 2.75) is 0 Å². The molecule has 7 nitrogen and oxygen atoms in total. The molecule has 0 aromatic carbocycles. The highest BCUT2D eigenvalue weighted by Gasteiger charge is 2.28. The average Bonchev–Trinajstić information content (AvgIpc) is 2.46. The zero-order chi connectivity index (χ0) is 15.6. The van der Waals surface area contributed by atoms with E-state index >= 15 is 0 Å². The summed E-state index contributed by atoms with van der Waals surface area (Å²) in [4.78, 5) is 18.2. The smallest absolute Gasteiger partial charge is 0.274 e. The van der Waals surface area contributed by atoms with E-state index in [4.69, 9.17) is 11.6 Å². The minimum Gasteiger partial charge on any atom is -0.373 e. The first-order valence-electron chi connectivity index (χ1n) is 6.41. The molecule has 2 heterocycles. The van der Waals surface area contributed by atoms with Crippen molar-refractivity contribution in [3.05, 3.63) is 22.8 Å². The van der Waals surface area contributed by atoms with E-state index < -0.39 is 10.0 Å². The summed E-state index contributed by atoms with van der Waals surface area (Å²) in [6.45, 7) is 1.23. The molecule has 1 aromatic rings. The van der Waals surface area contributed by atoms with E-state index in [2.05, 4.69) is 10.3 Å². The second-order valence-corrected chi connectivity index (χ2v) is 7.12. The lowest BCUT2D eigenvalue weighted by molar-refractivity contribution is 0.0692. The number of sulfonamides is 1. The summed E-state index contributed by atoms with van der Waals surface area (Å²) < 4.78 is 24.3. The Labute approximate surface area is 128 Å². The van der Waals surface area contributed by atoms with Gasteiger partial charge in [0.15, 0.2) is 0 Å². The zero-order valence-electron chi connectivity index (χ0n) is 11.8. The van der Waals surface area contributed by atoms with Gasteiger partial charge in [-0.25, -0.2) is 13.4 Å². The molecule has 1 aromatic heterocycles. The van der Waals surface area contributed by atoms with E-state index in [0.717, 1.165) is 0 Å². The number of piperazine rings is 1. The van der Waals surface area contributed by atoms with Crippen LogP contribution in [0.3, 0.4) is 0 Å². The van der Waals surface area contributed by atoms with Crippen molar-refractivity contribution < 1.29 is 13.2 Å². The standard InChI is InChI=1S/C12H17ClN4O3S/c1-14-10-4-3-9(13)11(15-10)12(18)16-5-7-17(8-6-16)21(2,19)20/h3-4H,5-8H2,1-2H3,(H,14,15). The predicted molar refractivity (Wildman–Crippen MR) is 81.1 cm³/mol. The molecular formula is C12H17ClN4O3S. The molecule has 0 bridgehead atoms. The lowest BCUT2D eigenvalue weighted by Crippen LogP contribution is -2.50. The molecule has 1 saturated heterocycles. The summed E-state index contributed by atoms with van der Waals surface area (Å²) in [6, 6.07) is 3.29. The molecule has 21 heavy (non-hydrogen) atoms. The molecular weight excluding hydrogens is 316 g/mol. The van der Waals surface area contributed by atoms with E-state index in [1.165, 1.54) is 10.6 Å². The first kappa shape index (κ1) is 16.0. The lowest BCUT2D eigenvalue weighted by atomic mass is 10.2. The first-order valence-corrected chi connectivity index (χ1v) is 8.64. The van der Waals surface area contributed by atoms with Crippen molar-refractivity contribution >= 4 is 33.3 Å². The molecule has 0 aliphatic carbocycles. The second kappa shape index (κ2) is 6.17. The Hall–Kier alpha value is -1.38. The van der Waals surface area contributed by atoms with E-state index in [9.17, 15) is 13.2 Å². The van der Waals surface area contributed by atoms with Crippen molar-refractivity contribution in [3.63, 3.8) is 0 Å². The molecule has 0 radical (unpaired) electrons. The molecule has 2 rings (SSSR count). The van der Waals surface area contributed by atoms with E-state index in [1.807, 2.05) is 0 Å². The van der Waals surface area contributed by atoms with Gasteiger partial charge in [-0.2, -0.15) is 4.31 Å². The summed E-state index contributed by atoms with van der Waals surface area (Å²) in [5, 5.41) is 3.13. The number of anilines is 1. The van der Waals surface area contributed by atoms with E-state index in [0.29, 0.717) is 18.9 Å². The molecule has 1 fully saturated rings. The Kier molecular flexibility index (Phi) is 4.70. The SMILES string of the molecule is CNc1ccc(Cl)c(C(=O)N2CCN(S(C)(=O)=O)CC2)n1. The van der Waals surface area contributed by atoms with Crippen molar-refractivity contribution in [2.24, 2.45) is 0 Å². The summed E-state index contributed by atoms with van der Waals surface area (Å²) in [5.74, 6) is 0.266. The first-order chi connectivity index (χ1) is 9.82. The van der Waals surface area contributed by atoms with Gasteiger partial charge in [-0.05, 0) is 12.1 Å². The zero-order valence-corrected chi connectivity index (χ0v) is 13.4. The van der Waals surface area contributed by atoms with Crippen LogP contribution < -0.4 is 5.32 Å². The van der Waals surface area contributed by atoms with Crippen molar-refractivity contribution in [1.82, 2.24) is 14.2 Å². The van der Waals surface area contributed by atoms with Gasteiger partial charge in [0.2, 0.25) is 10.0 Å². The molecule has 1 aliphatic heterocycles. The molecule has 0 saturated carbocycles. The molecule has 1 aliphatic rings. The minimum atomic E-state index is -3.21. The van der Waals surface area contributed by atoms with Gasteiger partial charge < -0.3 is 10.2 Å².